The van der Waals surface area contributed by atoms with E-state index in [1.165, 1.54) is 24.3 Å². The molecule has 1 heterocycles. The van der Waals surface area contributed by atoms with Crippen LogP contribution < -0.4 is 0 Å². The minimum atomic E-state index is -4.61. The molecule has 0 N–H and O–H groups in total. The second kappa shape index (κ2) is 5.87. The molecule has 0 aliphatic heterocycles. The minimum absolute atomic E-state index is 0.0380. The molecule has 0 aliphatic rings. The highest BCUT2D eigenvalue weighted by Gasteiger charge is 2.36. The first kappa shape index (κ1) is 16.1. The largest absolute Gasteiger partial charge is 0.434 e. The van der Waals surface area contributed by atoms with Crippen LogP contribution in [0.25, 0.3) is 11.1 Å². The fourth-order valence-electron chi connectivity index (χ4n) is 1.65. The van der Waals surface area contributed by atoms with Crippen molar-refractivity contribution >= 4 is 57.4 Å². The third-order valence-electron chi connectivity index (χ3n) is 2.41. The second-order valence-electron chi connectivity index (χ2n) is 3.77. The first-order valence-corrected chi connectivity index (χ1v) is 7.30. The third kappa shape index (κ3) is 3.32. The average molecular weight is 452 g/mol. The van der Waals surface area contributed by atoms with E-state index in [4.69, 9.17) is 34.8 Å². The van der Waals surface area contributed by atoms with E-state index in [2.05, 4.69) is 4.98 Å². The molecule has 1 nitrogen and oxygen atoms in total. The summed E-state index contributed by atoms with van der Waals surface area (Å²) in [6.45, 7) is 0. The van der Waals surface area contributed by atoms with Gasteiger partial charge in [0.2, 0.25) is 0 Å². The highest BCUT2D eigenvalue weighted by molar-refractivity contribution is 14.1. The molecule has 2 rings (SSSR count). The number of benzene rings is 1. The van der Waals surface area contributed by atoms with Gasteiger partial charge < -0.3 is 0 Å². The van der Waals surface area contributed by atoms with Gasteiger partial charge in [-0.1, -0.05) is 34.8 Å². The van der Waals surface area contributed by atoms with Crippen molar-refractivity contribution in [1.82, 2.24) is 4.98 Å². The highest BCUT2D eigenvalue weighted by Crippen LogP contribution is 2.42. The Morgan fingerprint density at radius 3 is 2.05 bits per heavy atom. The molecule has 0 aliphatic carbocycles. The summed E-state index contributed by atoms with van der Waals surface area (Å²) in [4.78, 5) is 3.54. The Kier molecular flexibility index (Phi) is 4.73. The molecule has 0 saturated carbocycles. The smallest absolute Gasteiger partial charge is 0.237 e. The number of alkyl halides is 3. The maximum absolute atomic E-state index is 13.1. The Morgan fingerprint density at radius 2 is 1.55 bits per heavy atom. The van der Waals surface area contributed by atoms with Crippen molar-refractivity contribution in [3.05, 3.63) is 48.7 Å². The molecule has 0 saturated heterocycles. The number of hydrogen-bond acceptors (Lipinski definition) is 1. The maximum Gasteiger partial charge on any atom is 0.434 e. The predicted molar refractivity (Wildman–Crippen MR) is 82.4 cm³/mol. The zero-order valence-corrected chi connectivity index (χ0v) is 13.8. The van der Waals surface area contributed by atoms with Crippen LogP contribution in [0.1, 0.15) is 5.69 Å². The van der Waals surface area contributed by atoms with Crippen molar-refractivity contribution in [2.24, 2.45) is 0 Å². The van der Waals surface area contributed by atoms with E-state index >= 15 is 0 Å². The van der Waals surface area contributed by atoms with Gasteiger partial charge in [0.05, 0.1) is 10.0 Å². The van der Waals surface area contributed by atoms with Crippen molar-refractivity contribution < 1.29 is 13.2 Å². The van der Waals surface area contributed by atoms with Gasteiger partial charge in [-0.25, -0.2) is 4.98 Å². The lowest BCUT2D eigenvalue weighted by Gasteiger charge is -2.14. The molecular weight excluding hydrogens is 448 g/mol. The maximum atomic E-state index is 13.1. The SMILES string of the molecule is FC(F)(F)c1nc(I)ccc1-c1c(Cl)cc(Cl)cc1Cl. The number of rotatable bonds is 1. The van der Waals surface area contributed by atoms with E-state index in [1.807, 2.05) is 0 Å². The molecule has 1 aromatic heterocycles. The van der Waals surface area contributed by atoms with Crippen LogP contribution in [0.4, 0.5) is 13.2 Å². The quantitative estimate of drug-likeness (QED) is 0.364. The molecular formula is C12H4Cl3F3IN. The monoisotopic (exact) mass is 451 g/mol. The Bertz CT molecular complexity index is 650. The van der Waals surface area contributed by atoms with Gasteiger partial charge in [0, 0.05) is 16.1 Å². The van der Waals surface area contributed by atoms with Crippen molar-refractivity contribution in [3.63, 3.8) is 0 Å². The minimum Gasteiger partial charge on any atom is -0.237 e. The zero-order valence-electron chi connectivity index (χ0n) is 9.40. The lowest BCUT2D eigenvalue weighted by Crippen LogP contribution is -2.11. The van der Waals surface area contributed by atoms with E-state index in [0.29, 0.717) is 0 Å². The Morgan fingerprint density at radius 1 is 1.00 bits per heavy atom. The molecule has 0 fully saturated rings. The Hall–Kier alpha value is -0.240. The van der Waals surface area contributed by atoms with Crippen LogP contribution in [0.15, 0.2) is 24.3 Å². The number of hydrogen-bond donors (Lipinski definition) is 0. The van der Waals surface area contributed by atoms with Crippen LogP contribution in [-0.2, 0) is 6.18 Å². The van der Waals surface area contributed by atoms with Crippen molar-refractivity contribution in [2.45, 2.75) is 6.18 Å². The van der Waals surface area contributed by atoms with Crippen LogP contribution in [0.3, 0.4) is 0 Å². The van der Waals surface area contributed by atoms with E-state index in [0.717, 1.165) is 0 Å². The predicted octanol–water partition coefficient (Wildman–Crippen LogP) is 6.33. The summed E-state index contributed by atoms with van der Waals surface area (Å²) < 4.78 is 39.5. The average Bonchev–Trinajstić information content (AvgIpc) is 2.28. The Balaban J connectivity index is 2.77. The normalized spacial score (nSPS) is 11.8. The van der Waals surface area contributed by atoms with Crippen molar-refractivity contribution in [3.8, 4) is 11.1 Å². The molecule has 2 aromatic rings. The number of nitrogens with zero attached hydrogens (tertiary/aromatic N) is 1. The summed E-state index contributed by atoms with van der Waals surface area (Å²) in [5.41, 5.74) is -1.14. The summed E-state index contributed by atoms with van der Waals surface area (Å²) in [7, 11) is 0. The van der Waals surface area contributed by atoms with Crippen LogP contribution in [0.2, 0.25) is 15.1 Å². The first-order chi connectivity index (χ1) is 9.20. The van der Waals surface area contributed by atoms with Crippen LogP contribution in [0.5, 0.6) is 0 Å². The van der Waals surface area contributed by atoms with Crippen molar-refractivity contribution in [2.75, 3.05) is 0 Å². The fraction of sp³-hybridized carbons (Fsp3) is 0.0833. The first-order valence-electron chi connectivity index (χ1n) is 5.09. The van der Waals surface area contributed by atoms with Gasteiger partial charge >= 0.3 is 6.18 Å². The van der Waals surface area contributed by atoms with E-state index < -0.39 is 11.9 Å². The van der Waals surface area contributed by atoms with Gasteiger partial charge in [-0.2, -0.15) is 13.2 Å². The molecule has 0 radical (unpaired) electrons. The van der Waals surface area contributed by atoms with Gasteiger partial charge in [0.15, 0.2) is 5.69 Å². The van der Waals surface area contributed by atoms with E-state index in [1.54, 1.807) is 22.6 Å². The van der Waals surface area contributed by atoms with E-state index in [9.17, 15) is 13.2 Å². The van der Waals surface area contributed by atoms with Gasteiger partial charge in [-0.05, 0) is 46.9 Å². The van der Waals surface area contributed by atoms with Gasteiger partial charge in [-0.3, -0.25) is 0 Å². The van der Waals surface area contributed by atoms with E-state index in [-0.39, 0.29) is 29.9 Å². The summed E-state index contributed by atoms with van der Waals surface area (Å²) in [6.07, 6.45) is -4.61. The molecule has 0 bridgehead atoms. The Labute approximate surface area is 141 Å². The molecule has 0 spiro atoms. The van der Waals surface area contributed by atoms with Gasteiger partial charge in [-0.15, -0.1) is 0 Å². The zero-order chi connectivity index (χ0) is 15.1. The van der Waals surface area contributed by atoms with Gasteiger partial charge in [0.25, 0.3) is 0 Å². The number of halogens is 7. The number of pyridine rings is 1. The third-order valence-corrected chi connectivity index (χ3v) is 3.82. The van der Waals surface area contributed by atoms with Crippen molar-refractivity contribution in [1.29, 1.82) is 0 Å². The molecule has 0 atom stereocenters. The topological polar surface area (TPSA) is 12.9 Å². The molecule has 8 heteroatoms. The summed E-state index contributed by atoms with van der Waals surface area (Å²) in [6, 6.07) is 5.41. The van der Waals surface area contributed by atoms with Crippen LogP contribution in [0, 0.1) is 3.70 Å². The van der Waals surface area contributed by atoms with Crippen LogP contribution in [-0.4, -0.2) is 4.98 Å². The van der Waals surface area contributed by atoms with Crippen LogP contribution >= 0.6 is 57.4 Å². The summed E-state index contributed by atoms with van der Waals surface area (Å²) >= 11 is 19.4. The number of aromatic nitrogens is 1. The second-order valence-corrected chi connectivity index (χ2v) is 6.13. The lowest BCUT2D eigenvalue weighted by atomic mass is 10.0. The van der Waals surface area contributed by atoms with Gasteiger partial charge in [0.1, 0.15) is 3.70 Å². The molecule has 0 amide bonds. The highest BCUT2D eigenvalue weighted by atomic mass is 127. The molecule has 0 unspecified atom stereocenters. The summed E-state index contributed by atoms with van der Waals surface area (Å²) in [5, 5.41) is 0.322. The standard InChI is InChI=1S/C12H4Cl3F3IN/c13-5-3-7(14)10(8(15)4-5)6-1-2-9(19)20-11(6)12(16,17)18/h1-4H. The molecule has 1 aromatic carbocycles. The summed E-state index contributed by atoms with van der Waals surface area (Å²) in [5.74, 6) is 0. The molecule has 20 heavy (non-hydrogen) atoms. The lowest BCUT2D eigenvalue weighted by molar-refractivity contribution is -0.140. The fourth-order valence-corrected chi connectivity index (χ4v) is 3.09. The molecule has 106 valence electrons.